The summed E-state index contributed by atoms with van der Waals surface area (Å²) in [7, 11) is -1.87. The third-order valence-electron chi connectivity index (χ3n) is 3.90. The van der Waals surface area contributed by atoms with E-state index in [0.717, 1.165) is 18.5 Å². The summed E-state index contributed by atoms with van der Waals surface area (Å²) in [6, 6.07) is 11.8. The van der Waals surface area contributed by atoms with Gasteiger partial charge >= 0.3 is 0 Å². The normalized spacial score (nSPS) is 10.8. The first-order valence-electron chi connectivity index (χ1n) is 8.46. The zero-order valence-electron chi connectivity index (χ0n) is 15.7. The molecule has 2 aromatic carbocycles. The van der Waals surface area contributed by atoms with Gasteiger partial charge < -0.3 is 10.6 Å². The Balaban J connectivity index is 0.00000364. The maximum atomic E-state index is 12.7. The van der Waals surface area contributed by atoms with Gasteiger partial charge in [0, 0.05) is 17.8 Å². The number of rotatable bonds is 8. The van der Waals surface area contributed by atoms with Crippen molar-refractivity contribution in [2.45, 2.75) is 25.2 Å². The first-order valence-corrected chi connectivity index (χ1v) is 9.95. The Labute approximate surface area is 167 Å². The van der Waals surface area contributed by atoms with Crippen LogP contribution in [0, 0.1) is 13.8 Å². The van der Waals surface area contributed by atoms with Gasteiger partial charge in [-0.1, -0.05) is 18.2 Å². The van der Waals surface area contributed by atoms with Crippen LogP contribution in [0.15, 0.2) is 47.4 Å². The zero-order chi connectivity index (χ0) is 19.2. The van der Waals surface area contributed by atoms with E-state index in [9.17, 15) is 13.2 Å². The lowest BCUT2D eigenvalue weighted by molar-refractivity contribution is 0.0953. The second-order valence-corrected chi connectivity index (χ2v) is 7.82. The van der Waals surface area contributed by atoms with Crippen LogP contribution in [0.3, 0.4) is 0 Å². The molecule has 148 valence electrons. The molecule has 0 aliphatic rings. The Morgan fingerprint density at radius 3 is 2.48 bits per heavy atom. The summed E-state index contributed by atoms with van der Waals surface area (Å²) in [4.78, 5) is 12.4. The van der Waals surface area contributed by atoms with E-state index in [1.54, 1.807) is 37.3 Å². The fraction of sp³-hybridized carbons (Fsp3) is 0.316. The molecule has 0 saturated carbocycles. The van der Waals surface area contributed by atoms with Crippen molar-refractivity contribution < 1.29 is 13.2 Å². The molecule has 0 spiro atoms. The number of halogens is 1. The summed E-state index contributed by atoms with van der Waals surface area (Å²) < 4.78 is 27.9. The molecule has 0 atom stereocenters. The summed E-state index contributed by atoms with van der Waals surface area (Å²) in [5.74, 6) is -0.228. The van der Waals surface area contributed by atoms with Crippen molar-refractivity contribution in [3.63, 3.8) is 0 Å². The van der Waals surface area contributed by atoms with Gasteiger partial charge in [0.25, 0.3) is 15.9 Å². The van der Waals surface area contributed by atoms with Gasteiger partial charge in [0.15, 0.2) is 0 Å². The van der Waals surface area contributed by atoms with Crippen LogP contribution in [0.1, 0.15) is 27.9 Å². The van der Waals surface area contributed by atoms with E-state index in [-0.39, 0.29) is 23.2 Å². The summed E-state index contributed by atoms with van der Waals surface area (Å²) in [6.45, 7) is 4.97. The van der Waals surface area contributed by atoms with E-state index in [1.165, 1.54) is 6.07 Å². The standard InChI is InChI=1S/C19H25N3O3S.ClH/c1-14-8-9-15(2)18(12-14)26(24,25)22-17-7-4-6-16(13-17)19(23)21-11-5-10-20-3;/h4,6-9,12-13,20,22H,5,10-11H2,1-3H3,(H,21,23);1H. The number of hydrogen-bond donors (Lipinski definition) is 3. The number of nitrogens with one attached hydrogen (secondary N) is 3. The molecule has 0 aromatic heterocycles. The fourth-order valence-electron chi connectivity index (χ4n) is 2.50. The Bertz CT molecular complexity index is 886. The number of amides is 1. The maximum absolute atomic E-state index is 12.7. The van der Waals surface area contributed by atoms with Crippen molar-refractivity contribution in [2.24, 2.45) is 0 Å². The van der Waals surface area contributed by atoms with Crippen LogP contribution in [-0.2, 0) is 10.0 Å². The smallest absolute Gasteiger partial charge is 0.262 e. The van der Waals surface area contributed by atoms with Crippen molar-refractivity contribution in [2.75, 3.05) is 24.9 Å². The van der Waals surface area contributed by atoms with Crippen LogP contribution < -0.4 is 15.4 Å². The molecular formula is C19H26ClN3O3S. The minimum Gasteiger partial charge on any atom is -0.352 e. The predicted molar refractivity (Wildman–Crippen MR) is 111 cm³/mol. The van der Waals surface area contributed by atoms with Crippen LogP contribution in [0.2, 0.25) is 0 Å². The SMILES string of the molecule is CNCCCNC(=O)c1cccc(NS(=O)(=O)c2cc(C)ccc2C)c1.Cl. The minimum absolute atomic E-state index is 0. The van der Waals surface area contributed by atoms with Gasteiger partial charge in [-0.05, 0) is 69.3 Å². The van der Waals surface area contributed by atoms with E-state index in [4.69, 9.17) is 0 Å². The number of hydrogen-bond acceptors (Lipinski definition) is 4. The molecular weight excluding hydrogens is 386 g/mol. The molecule has 0 bridgehead atoms. The fourth-order valence-corrected chi connectivity index (χ4v) is 3.88. The monoisotopic (exact) mass is 411 g/mol. The first kappa shape index (κ1) is 23.0. The van der Waals surface area contributed by atoms with Crippen LogP contribution in [0.5, 0.6) is 0 Å². The molecule has 0 fully saturated rings. The Hall–Kier alpha value is -2.09. The molecule has 2 rings (SSSR count). The molecule has 3 N–H and O–H groups in total. The molecule has 0 unspecified atom stereocenters. The van der Waals surface area contributed by atoms with E-state index >= 15 is 0 Å². The van der Waals surface area contributed by atoms with E-state index < -0.39 is 10.0 Å². The molecule has 8 heteroatoms. The molecule has 0 radical (unpaired) electrons. The maximum Gasteiger partial charge on any atom is 0.262 e. The Kier molecular flexibility index (Phi) is 8.75. The average Bonchev–Trinajstić information content (AvgIpc) is 2.60. The summed E-state index contributed by atoms with van der Waals surface area (Å²) >= 11 is 0. The van der Waals surface area contributed by atoms with Crippen molar-refractivity contribution in [3.05, 3.63) is 59.2 Å². The number of anilines is 1. The third-order valence-corrected chi connectivity index (χ3v) is 5.42. The van der Waals surface area contributed by atoms with Crippen LogP contribution in [0.4, 0.5) is 5.69 Å². The molecule has 0 aliphatic heterocycles. The topological polar surface area (TPSA) is 87.3 Å². The van der Waals surface area contributed by atoms with E-state index in [2.05, 4.69) is 15.4 Å². The van der Waals surface area contributed by atoms with Crippen LogP contribution in [-0.4, -0.2) is 34.5 Å². The van der Waals surface area contributed by atoms with Crippen LogP contribution in [0.25, 0.3) is 0 Å². The third kappa shape index (κ3) is 6.53. The van der Waals surface area contributed by atoms with Gasteiger partial charge in [-0.25, -0.2) is 8.42 Å². The van der Waals surface area contributed by atoms with Gasteiger partial charge in [0.05, 0.1) is 4.90 Å². The molecule has 0 saturated heterocycles. The lowest BCUT2D eigenvalue weighted by Gasteiger charge is -2.12. The Morgan fingerprint density at radius 1 is 1.04 bits per heavy atom. The lowest BCUT2D eigenvalue weighted by atomic mass is 10.2. The van der Waals surface area contributed by atoms with E-state index in [0.29, 0.717) is 23.4 Å². The summed E-state index contributed by atoms with van der Waals surface area (Å²) in [5, 5.41) is 5.83. The molecule has 27 heavy (non-hydrogen) atoms. The second-order valence-electron chi connectivity index (χ2n) is 6.17. The molecule has 2 aromatic rings. The molecule has 0 aliphatic carbocycles. The predicted octanol–water partition coefficient (Wildman–Crippen LogP) is 2.87. The highest BCUT2D eigenvalue weighted by molar-refractivity contribution is 7.92. The summed E-state index contributed by atoms with van der Waals surface area (Å²) in [6.07, 6.45) is 0.821. The lowest BCUT2D eigenvalue weighted by Crippen LogP contribution is -2.26. The van der Waals surface area contributed by atoms with Gasteiger partial charge in [0.1, 0.15) is 0 Å². The number of benzene rings is 2. The summed E-state index contributed by atoms with van der Waals surface area (Å²) in [5.41, 5.74) is 2.30. The van der Waals surface area contributed by atoms with Crippen molar-refractivity contribution in [1.29, 1.82) is 0 Å². The average molecular weight is 412 g/mol. The van der Waals surface area contributed by atoms with Gasteiger partial charge in [-0.3, -0.25) is 9.52 Å². The highest BCUT2D eigenvalue weighted by atomic mass is 35.5. The van der Waals surface area contributed by atoms with E-state index in [1.807, 2.05) is 20.0 Å². The largest absolute Gasteiger partial charge is 0.352 e. The van der Waals surface area contributed by atoms with Gasteiger partial charge in [-0.15, -0.1) is 12.4 Å². The zero-order valence-corrected chi connectivity index (χ0v) is 17.3. The van der Waals surface area contributed by atoms with Crippen molar-refractivity contribution in [1.82, 2.24) is 10.6 Å². The number of aryl methyl sites for hydroxylation is 2. The van der Waals surface area contributed by atoms with Crippen molar-refractivity contribution in [3.8, 4) is 0 Å². The minimum atomic E-state index is -3.72. The Morgan fingerprint density at radius 2 is 1.78 bits per heavy atom. The number of sulfonamides is 1. The molecule has 0 heterocycles. The van der Waals surface area contributed by atoms with Crippen molar-refractivity contribution >= 4 is 34.0 Å². The quantitative estimate of drug-likeness (QED) is 0.583. The molecule has 6 nitrogen and oxygen atoms in total. The number of carbonyl (C=O) groups excluding carboxylic acids is 1. The highest BCUT2D eigenvalue weighted by Gasteiger charge is 2.17. The van der Waals surface area contributed by atoms with Gasteiger partial charge in [-0.2, -0.15) is 0 Å². The van der Waals surface area contributed by atoms with Gasteiger partial charge in [0.2, 0.25) is 0 Å². The first-order chi connectivity index (χ1) is 12.3. The second kappa shape index (κ2) is 10.3. The highest BCUT2D eigenvalue weighted by Crippen LogP contribution is 2.21. The molecule has 1 amide bonds. The number of carbonyl (C=O) groups is 1. The van der Waals surface area contributed by atoms with Crippen LogP contribution >= 0.6 is 12.4 Å².